The lowest BCUT2D eigenvalue weighted by atomic mass is 9.70. The summed E-state index contributed by atoms with van der Waals surface area (Å²) >= 11 is 0. The number of amides is 3. The zero-order chi connectivity index (χ0) is 28.0. The van der Waals surface area contributed by atoms with Gasteiger partial charge in [0.2, 0.25) is 17.7 Å². The van der Waals surface area contributed by atoms with E-state index in [0.29, 0.717) is 58.4 Å². The predicted octanol–water partition coefficient (Wildman–Crippen LogP) is 3.16. The van der Waals surface area contributed by atoms with E-state index in [1.807, 2.05) is 37.3 Å². The van der Waals surface area contributed by atoms with Crippen molar-refractivity contribution >= 4 is 17.7 Å². The SMILES string of the molecule is C=CCN(Cc1ccccc1)C(=O)C1N(CCCCCO)C(=O)[C@@H]2[C@@H](C(=O)N(CC=C)CCC)[C@H]3CCC12O3. The van der Waals surface area contributed by atoms with Crippen LogP contribution in [0.5, 0.6) is 0 Å². The number of carbonyl (C=O) groups excluding carboxylic acids is 3. The van der Waals surface area contributed by atoms with Crippen molar-refractivity contribution in [3.63, 3.8) is 0 Å². The molecule has 3 fully saturated rings. The molecule has 39 heavy (non-hydrogen) atoms. The summed E-state index contributed by atoms with van der Waals surface area (Å²) < 4.78 is 6.62. The van der Waals surface area contributed by atoms with Gasteiger partial charge in [-0.05, 0) is 44.1 Å². The van der Waals surface area contributed by atoms with Crippen molar-refractivity contribution in [3.8, 4) is 0 Å². The molecular formula is C31H43N3O5. The lowest BCUT2D eigenvalue weighted by Crippen LogP contribution is -2.56. The molecular weight excluding hydrogens is 494 g/mol. The predicted molar refractivity (Wildman–Crippen MR) is 149 cm³/mol. The van der Waals surface area contributed by atoms with E-state index in [1.165, 1.54) is 0 Å². The third kappa shape index (κ3) is 5.54. The highest BCUT2D eigenvalue weighted by Gasteiger charge is 2.74. The molecule has 5 atom stereocenters. The Morgan fingerprint density at radius 1 is 1.10 bits per heavy atom. The molecule has 3 aliphatic heterocycles. The van der Waals surface area contributed by atoms with Crippen LogP contribution in [0.25, 0.3) is 0 Å². The largest absolute Gasteiger partial charge is 0.396 e. The minimum atomic E-state index is -1.02. The summed E-state index contributed by atoms with van der Waals surface area (Å²) in [5.41, 5.74) is -0.0249. The number of fused-ring (bicyclic) bond motifs is 1. The fourth-order valence-corrected chi connectivity index (χ4v) is 6.82. The number of ether oxygens (including phenoxy) is 1. The first kappa shape index (κ1) is 29.0. The molecule has 4 rings (SSSR count). The maximum atomic E-state index is 14.4. The first-order valence-electron chi connectivity index (χ1n) is 14.4. The van der Waals surface area contributed by atoms with Crippen LogP contribution in [0.3, 0.4) is 0 Å². The van der Waals surface area contributed by atoms with Gasteiger partial charge in [-0.1, -0.05) is 49.4 Å². The standard InChI is InChI=1S/C31H43N3O5/c1-4-17-32(18-5-2)28(36)25-24-15-16-31(39-24)26(25)29(37)34(20-11-8-12-21-35)27(31)30(38)33(19-6-3)22-23-13-9-7-10-14-23/h4,6-7,9-10,13-14,24-27,35H,1,3,5,8,11-12,15-22H2,2H3/t24-,25+,26+,27?,31?/m1/s1. The van der Waals surface area contributed by atoms with Crippen molar-refractivity contribution in [2.45, 2.75) is 69.7 Å². The highest BCUT2D eigenvalue weighted by Crippen LogP contribution is 2.59. The van der Waals surface area contributed by atoms with Crippen LogP contribution in [0.4, 0.5) is 0 Å². The molecule has 1 N–H and O–H groups in total. The van der Waals surface area contributed by atoms with Crippen molar-refractivity contribution in [2.75, 3.05) is 32.8 Å². The molecule has 3 amide bonds. The molecule has 3 aliphatic rings. The monoisotopic (exact) mass is 537 g/mol. The van der Waals surface area contributed by atoms with Gasteiger partial charge in [0, 0.05) is 39.3 Å². The smallest absolute Gasteiger partial charge is 0.248 e. The number of aliphatic hydroxyl groups is 1. The second-order valence-electron chi connectivity index (χ2n) is 10.9. The fourth-order valence-electron chi connectivity index (χ4n) is 6.82. The molecule has 2 unspecified atom stereocenters. The Bertz CT molecular complexity index is 1050. The lowest BCUT2D eigenvalue weighted by Gasteiger charge is -2.37. The fraction of sp³-hybridized carbons (Fsp3) is 0.581. The minimum Gasteiger partial charge on any atom is -0.396 e. The molecule has 212 valence electrons. The van der Waals surface area contributed by atoms with Gasteiger partial charge in [-0.25, -0.2) is 0 Å². The van der Waals surface area contributed by atoms with Crippen LogP contribution >= 0.6 is 0 Å². The zero-order valence-corrected chi connectivity index (χ0v) is 23.2. The van der Waals surface area contributed by atoms with E-state index in [1.54, 1.807) is 26.9 Å². The summed E-state index contributed by atoms with van der Waals surface area (Å²) in [6.07, 6.45) is 7.12. The van der Waals surface area contributed by atoms with E-state index in [4.69, 9.17) is 4.74 Å². The summed E-state index contributed by atoms with van der Waals surface area (Å²) in [5.74, 6) is -1.69. The van der Waals surface area contributed by atoms with Gasteiger partial charge in [-0.2, -0.15) is 0 Å². The van der Waals surface area contributed by atoms with E-state index >= 15 is 0 Å². The topological polar surface area (TPSA) is 90.4 Å². The van der Waals surface area contributed by atoms with Gasteiger partial charge in [-0.15, -0.1) is 13.2 Å². The Morgan fingerprint density at radius 2 is 1.82 bits per heavy atom. The van der Waals surface area contributed by atoms with Crippen molar-refractivity contribution in [1.82, 2.24) is 14.7 Å². The number of nitrogens with zero attached hydrogens (tertiary/aromatic N) is 3. The molecule has 3 saturated heterocycles. The van der Waals surface area contributed by atoms with Crippen LogP contribution in [-0.2, 0) is 25.7 Å². The number of unbranched alkanes of at least 4 members (excludes halogenated alkanes) is 2. The first-order chi connectivity index (χ1) is 18.9. The summed E-state index contributed by atoms with van der Waals surface area (Å²) in [6.45, 7) is 11.9. The molecule has 0 radical (unpaired) electrons. The molecule has 8 heteroatoms. The van der Waals surface area contributed by atoms with E-state index in [2.05, 4.69) is 13.2 Å². The van der Waals surface area contributed by atoms with Crippen LogP contribution in [0.1, 0.15) is 51.0 Å². The van der Waals surface area contributed by atoms with Crippen molar-refractivity contribution in [3.05, 3.63) is 61.2 Å². The zero-order valence-electron chi connectivity index (χ0n) is 23.2. The highest BCUT2D eigenvalue weighted by atomic mass is 16.5. The molecule has 0 aromatic heterocycles. The Hall–Kier alpha value is -2.97. The van der Waals surface area contributed by atoms with Crippen LogP contribution in [0.15, 0.2) is 55.6 Å². The number of rotatable bonds is 15. The maximum Gasteiger partial charge on any atom is 0.248 e. The second-order valence-corrected chi connectivity index (χ2v) is 10.9. The Labute approximate surface area is 232 Å². The molecule has 0 aliphatic carbocycles. The Kier molecular flexibility index (Phi) is 9.62. The molecule has 1 aromatic carbocycles. The van der Waals surface area contributed by atoms with Crippen LogP contribution in [0.2, 0.25) is 0 Å². The number of carbonyl (C=O) groups is 3. The normalized spacial score (nSPS) is 26.9. The number of aliphatic hydroxyl groups excluding tert-OH is 1. The molecule has 1 aromatic rings. The first-order valence-corrected chi connectivity index (χ1v) is 14.4. The number of likely N-dealkylation sites (tertiary alicyclic amines) is 1. The summed E-state index contributed by atoms with van der Waals surface area (Å²) in [4.78, 5) is 47.6. The average Bonchev–Trinajstić information content (AvgIpc) is 3.58. The van der Waals surface area contributed by atoms with E-state index in [9.17, 15) is 19.5 Å². The molecule has 0 saturated carbocycles. The van der Waals surface area contributed by atoms with Gasteiger partial charge in [0.25, 0.3) is 0 Å². The number of benzene rings is 1. The maximum absolute atomic E-state index is 14.4. The summed E-state index contributed by atoms with van der Waals surface area (Å²) in [7, 11) is 0. The summed E-state index contributed by atoms with van der Waals surface area (Å²) in [6, 6.07) is 8.98. The average molecular weight is 538 g/mol. The van der Waals surface area contributed by atoms with Gasteiger partial charge in [0.15, 0.2) is 0 Å². The summed E-state index contributed by atoms with van der Waals surface area (Å²) in [5, 5.41) is 9.25. The van der Waals surface area contributed by atoms with E-state index in [0.717, 1.165) is 18.4 Å². The quantitative estimate of drug-likeness (QED) is 0.274. The highest BCUT2D eigenvalue weighted by molar-refractivity contribution is 5.99. The number of hydrogen-bond acceptors (Lipinski definition) is 5. The van der Waals surface area contributed by atoms with Crippen LogP contribution in [0, 0.1) is 11.8 Å². The molecule has 1 spiro atoms. The van der Waals surface area contributed by atoms with Gasteiger partial charge in [0.1, 0.15) is 11.6 Å². The van der Waals surface area contributed by atoms with Crippen LogP contribution in [-0.4, -0.2) is 88.1 Å². The Morgan fingerprint density at radius 3 is 2.49 bits per heavy atom. The van der Waals surface area contributed by atoms with Gasteiger partial charge < -0.3 is 24.5 Å². The van der Waals surface area contributed by atoms with Crippen molar-refractivity contribution < 1.29 is 24.2 Å². The lowest BCUT2D eigenvalue weighted by molar-refractivity contribution is -0.149. The molecule has 8 nitrogen and oxygen atoms in total. The van der Waals surface area contributed by atoms with Gasteiger partial charge >= 0.3 is 0 Å². The second kappa shape index (κ2) is 12.9. The van der Waals surface area contributed by atoms with E-state index < -0.39 is 23.5 Å². The van der Waals surface area contributed by atoms with Crippen LogP contribution < -0.4 is 0 Å². The van der Waals surface area contributed by atoms with Gasteiger partial charge in [-0.3, -0.25) is 14.4 Å². The van der Waals surface area contributed by atoms with E-state index in [-0.39, 0.29) is 30.4 Å². The third-order valence-corrected chi connectivity index (χ3v) is 8.41. The van der Waals surface area contributed by atoms with Crippen molar-refractivity contribution in [1.29, 1.82) is 0 Å². The van der Waals surface area contributed by atoms with Gasteiger partial charge in [0.05, 0.1) is 17.9 Å². The van der Waals surface area contributed by atoms with Crippen molar-refractivity contribution in [2.24, 2.45) is 11.8 Å². The number of hydrogen-bond donors (Lipinski definition) is 1. The Balaban J connectivity index is 1.68. The minimum absolute atomic E-state index is 0.0813. The third-order valence-electron chi connectivity index (χ3n) is 8.41. The molecule has 2 bridgehead atoms. The molecule has 3 heterocycles.